The van der Waals surface area contributed by atoms with Gasteiger partial charge in [0.2, 0.25) is 0 Å². The van der Waals surface area contributed by atoms with E-state index in [9.17, 15) is 9.59 Å². The van der Waals surface area contributed by atoms with Crippen LogP contribution < -0.4 is 5.32 Å². The van der Waals surface area contributed by atoms with Crippen molar-refractivity contribution in [1.82, 2.24) is 10.2 Å². The van der Waals surface area contributed by atoms with Crippen LogP contribution in [0.1, 0.15) is 38.5 Å². The highest BCUT2D eigenvalue weighted by molar-refractivity contribution is 5.74. The summed E-state index contributed by atoms with van der Waals surface area (Å²) >= 11 is 0. The van der Waals surface area contributed by atoms with Gasteiger partial charge in [-0.15, -0.1) is 0 Å². The van der Waals surface area contributed by atoms with Gasteiger partial charge in [-0.05, 0) is 38.0 Å². The fraction of sp³-hybridized carbons (Fsp3) is 0.857. The summed E-state index contributed by atoms with van der Waals surface area (Å²) in [5.74, 6) is -0.292. The highest BCUT2D eigenvalue weighted by atomic mass is 16.5. The molecule has 2 rings (SSSR count). The van der Waals surface area contributed by atoms with Gasteiger partial charge < -0.3 is 20.1 Å². The van der Waals surface area contributed by atoms with Crippen molar-refractivity contribution >= 4 is 12.0 Å². The molecule has 2 aliphatic rings. The molecule has 1 aliphatic heterocycles. The van der Waals surface area contributed by atoms with Gasteiger partial charge >= 0.3 is 12.0 Å². The number of hydrogen-bond donors (Lipinski definition) is 2. The molecule has 20 heavy (non-hydrogen) atoms. The number of urea groups is 1. The molecule has 0 bridgehead atoms. The first-order valence-electron chi connectivity index (χ1n) is 7.38. The van der Waals surface area contributed by atoms with E-state index in [0.29, 0.717) is 12.0 Å². The number of ether oxygens (including phenoxy) is 1. The fourth-order valence-corrected chi connectivity index (χ4v) is 2.89. The Hall–Kier alpha value is -1.30. The molecule has 2 fully saturated rings. The summed E-state index contributed by atoms with van der Waals surface area (Å²) in [4.78, 5) is 24.4. The minimum atomic E-state index is -0.733. The summed E-state index contributed by atoms with van der Waals surface area (Å²) < 4.78 is 5.19. The van der Waals surface area contributed by atoms with Gasteiger partial charge in [-0.25, -0.2) is 4.79 Å². The van der Waals surface area contributed by atoms with Gasteiger partial charge in [-0.2, -0.15) is 0 Å². The van der Waals surface area contributed by atoms with E-state index in [1.807, 2.05) is 4.90 Å². The predicted molar refractivity (Wildman–Crippen MR) is 73.5 cm³/mol. The van der Waals surface area contributed by atoms with Crippen molar-refractivity contribution in [3.63, 3.8) is 0 Å². The summed E-state index contributed by atoms with van der Waals surface area (Å²) in [5.41, 5.74) is 0. The Balaban J connectivity index is 1.63. The molecule has 0 aromatic rings. The average molecular weight is 284 g/mol. The lowest BCUT2D eigenvalue weighted by atomic mass is 9.89. The zero-order chi connectivity index (χ0) is 14.5. The average Bonchev–Trinajstić information content (AvgIpc) is 2.40. The van der Waals surface area contributed by atoms with Crippen LogP contribution in [-0.2, 0) is 9.53 Å². The number of carboxylic acids is 1. The molecule has 1 saturated heterocycles. The van der Waals surface area contributed by atoms with Gasteiger partial charge in [0.15, 0.2) is 0 Å². The third kappa shape index (κ3) is 4.10. The van der Waals surface area contributed by atoms with Gasteiger partial charge in [0.05, 0.1) is 6.10 Å². The first kappa shape index (κ1) is 15.1. The minimum Gasteiger partial charge on any atom is -0.481 e. The van der Waals surface area contributed by atoms with E-state index in [1.54, 1.807) is 7.11 Å². The molecular weight excluding hydrogens is 260 g/mol. The second-order valence-electron chi connectivity index (χ2n) is 5.84. The third-order valence-corrected chi connectivity index (χ3v) is 4.42. The Labute approximate surface area is 119 Å². The number of amides is 2. The molecule has 1 saturated carbocycles. The summed E-state index contributed by atoms with van der Waals surface area (Å²) in [6, 6.07) is 0.262. The van der Waals surface area contributed by atoms with Crippen molar-refractivity contribution in [2.24, 2.45) is 5.92 Å². The van der Waals surface area contributed by atoms with E-state index in [2.05, 4.69) is 5.32 Å². The summed E-state index contributed by atoms with van der Waals surface area (Å²) in [5, 5.41) is 11.7. The second-order valence-corrected chi connectivity index (χ2v) is 5.84. The van der Waals surface area contributed by atoms with Crippen LogP contribution in [0.3, 0.4) is 0 Å². The first-order chi connectivity index (χ1) is 9.58. The zero-order valence-electron chi connectivity index (χ0n) is 12.0. The number of methoxy groups -OCH3 is 1. The fourth-order valence-electron chi connectivity index (χ4n) is 2.89. The Morgan fingerprint density at radius 2 is 1.95 bits per heavy atom. The lowest BCUT2D eigenvalue weighted by Crippen LogP contribution is -2.53. The van der Waals surface area contributed by atoms with E-state index in [0.717, 1.165) is 45.2 Å². The third-order valence-electron chi connectivity index (χ3n) is 4.42. The Morgan fingerprint density at radius 3 is 2.50 bits per heavy atom. The van der Waals surface area contributed by atoms with Crippen LogP contribution in [0.2, 0.25) is 0 Å². The zero-order valence-corrected chi connectivity index (χ0v) is 12.0. The van der Waals surface area contributed by atoms with Crippen LogP contribution in [0.4, 0.5) is 4.79 Å². The number of aliphatic carboxylic acids is 1. The van der Waals surface area contributed by atoms with Crippen LogP contribution in [0.15, 0.2) is 0 Å². The molecule has 1 heterocycles. The number of carbonyl (C=O) groups excluding carboxylic acids is 1. The number of rotatable bonds is 5. The lowest BCUT2D eigenvalue weighted by Gasteiger charge is -2.38. The highest BCUT2D eigenvalue weighted by Gasteiger charge is 2.32. The molecule has 0 atom stereocenters. The SMILES string of the molecule is COC1CC(NC(=O)N2CCC(CCC(=O)O)CC2)C1. The minimum absolute atomic E-state index is 0.0150. The maximum absolute atomic E-state index is 12.0. The van der Waals surface area contributed by atoms with Gasteiger partial charge in [-0.3, -0.25) is 4.79 Å². The molecule has 114 valence electrons. The van der Waals surface area contributed by atoms with E-state index in [4.69, 9.17) is 9.84 Å². The van der Waals surface area contributed by atoms with Gasteiger partial charge in [0, 0.05) is 32.7 Å². The molecule has 0 radical (unpaired) electrons. The lowest BCUT2D eigenvalue weighted by molar-refractivity contribution is -0.137. The smallest absolute Gasteiger partial charge is 0.317 e. The molecule has 2 N–H and O–H groups in total. The molecule has 0 aromatic carbocycles. The van der Waals surface area contributed by atoms with E-state index >= 15 is 0 Å². The van der Waals surface area contributed by atoms with Crippen molar-refractivity contribution in [2.45, 2.75) is 50.7 Å². The molecule has 2 amide bonds. The number of nitrogens with one attached hydrogen (secondary N) is 1. The largest absolute Gasteiger partial charge is 0.481 e. The van der Waals surface area contributed by atoms with Crippen molar-refractivity contribution in [3.8, 4) is 0 Å². The number of hydrogen-bond acceptors (Lipinski definition) is 3. The molecule has 0 unspecified atom stereocenters. The number of nitrogens with zero attached hydrogens (tertiary/aromatic N) is 1. The quantitative estimate of drug-likeness (QED) is 0.801. The summed E-state index contributed by atoms with van der Waals surface area (Å²) in [7, 11) is 1.70. The Bertz CT molecular complexity index is 347. The molecular formula is C14H24N2O4. The normalized spacial score (nSPS) is 26.9. The van der Waals surface area contributed by atoms with Crippen molar-refractivity contribution in [1.29, 1.82) is 0 Å². The number of carbonyl (C=O) groups is 2. The second kappa shape index (κ2) is 6.92. The van der Waals surface area contributed by atoms with Crippen LogP contribution in [0.5, 0.6) is 0 Å². The first-order valence-corrected chi connectivity index (χ1v) is 7.38. The molecule has 6 nitrogen and oxygen atoms in total. The van der Waals surface area contributed by atoms with Crippen LogP contribution in [0, 0.1) is 5.92 Å². The van der Waals surface area contributed by atoms with Crippen molar-refractivity contribution < 1.29 is 19.4 Å². The van der Waals surface area contributed by atoms with Crippen molar-refractivity contribution in [3.05, 3.63) is 0 Å². The Kier molecular flexibility index (Phi) is 5.23. The number of carboxylic acid groups (broad SMARTS) is 1. The van der Waals surface area contributed by atoms with Crippen LogP contribution >= 0.6 is 0 Å². The molecule has 0 aromatic heterocycles. The van der Waals surface area contributed by atoms with E-state index in [1.165, 1.54) is 0 Å². The van der Waals surface area contributed by atoms with Crippen LogP contribution in [0.25, 0.3) is 0 Å². The Morgan fingerprint density at radius 1 is 1.30 bits per heavy atom. The van der Waals surface area contributed by atoms with Gasteiger partial charge in [0.1, 0.15) is 0 Å². The standard InChI is InChI=1S/C14H24N2O4/c1-20-12-8-11(9-12)15-14(19)16-6-4-10(5-7-16)2-3-13(17)18/h10-12H,2-9H2,1H3,(H,15,19)(H,17,18). The topological polar surface area (TPSA) is 78.9 Å². The monoisotopic (exact) mass is 284 g/mol. The summed E-state index contributed by atoms with van der Waals surface area (Å²) in [6.45, 7) is 1.47. The van der Waals surface area contributed by atoms with Crippen LogP contribution in [-0.4, -0.2) is 54.4 Å². The number of likely N-dealkylation sites (tertiary alicyclic amines) is 1. The highest BCUT2D eigenvalue weighted by Crippen LogP contribution is 2.24. The van der Waals surface area contributed by atoms with Crippen molar-refractivity contribution in [2.75, 3.05) is 20.2 Å². The molecule has 6 heteroatoms. The maximum atomic E-state index is 12.0. The summed E-state index contributed by atoms with van der Waals surface area (Å²) in [6.07, 6.45) is 4.87. The molecule has 1 aliphatic carbocycles. The number of piperidine rings is 1. The van der Waals surface area contributed by atoms with E-state index < -0.39 is 5.97 Å². The molecule has 0 spiro atoms. The van der Waals surface area contributed by atoms with Gasteiger partial charge in [0.25, 0.3) is 0 Å². The predicted octanol–water partition coefficient (Wildman–Crippen LogP) is 1.45. The van der Waals surface area contributed by atoms with E-state index in [-0.39, 0.29) is 18.5 Å². The van der Waals surface area contributed by atoms with Gasteiger partial charge in [-0.1, -0.05) is 0 Å². The maximum Gasteiger partial charge on any atom is 0.317 e.